The highest BCUT2D eigenvalue weighted by molar-refractivity contribution is 7.89. The Morgan fingerprint density at radius 1 is 1.22 bits per heavy atom. The first-order valence-electron chi connectivity index (χ1n) is 5.67. The van der Waals surface area contributed by atoms with Gasteiger partial charge in [-0.1, -0.05) is 0 Å². The lowest BCUT2D eigenvalue weighted by molar-refractivity contribution is 0.00144. The molecule has 6 nitrogen and oxygen atoms in total. The van der Waals surface area contributed by atoms with Gasteiger partial charge in [-0.05, 0) is 33.3 Å². The predicted molar refractivity (Wildman–Crippen MR) is 68.3 cm³/mol. The van der Waals surface area contributed by atoms with Crippen molar-refractivity contribution in [3.63, 3.8) is 0 Å². The van der Waals surface area contributed by atoms with Crippen LogP contribution in [0, 0.1) is 6.92 Å². The van der Waals surface area contributed by atoms with Crippen molar-refractivity contribution in [3.8, 4) is 0 Å². The standard InChI is InChI=1S/C11H19N3O3S/c1-7(2)17-10(9(4)18(12,15)16)11-13-5-8(3)6-14-11/h5-7,9-10H,1-4H3,(H2,12,15,16). The first kappa shape index (κ1) is 15.0. The van der Waals surface area contributed by atoms with Gasteiger partial charge in [0.15, 0.2) is 5.82 Å². The van der Waals surface area contributed by atoms with Crippen LogP contribution in [0.4, 0.5) is 0 Å². The van der Waals surface area contributed by atoms with Gasteiger partial charge in [-0.25, -0.2) is 23.5 Å². The van der Waals surface area contributed by atoms with Gasteiger partial charge in [0, 0.05) is 12.4 Å². The van der Waals surface area contributed by atoms with Gasteiger partial charge in [0.25, 0.3) is 0 Å². The van der Waals surface area contributed by atoms with Gasteiger partial charge in [0.1, 0.15) is 11.4 Å². The summed E-state index contributed by atoms with van der Waals surface area (Å²) >= 11 is 0. The minimum atomic E-state index is -3.71. The first-order chi connectivity index (χ1) is 8.21. The van der Waals surface area contributed by atoms with Crippen LogP contribution in [-0.4, -0.2) is 29.7 Å². The predicted octanol–water partition coefficient (Wildman–Crippen LogP) is 0.928. The van der Waals surface area contributed by atoms with E-state index in [1.54, 1.807) is 12.4 Å². The van der Waals surface area contributed by atoms with Crippen LogP contribution in [0.5, 0.6) is 0 Å². The molecule has 2 unspecified atom stereocenters. The van der Waals surface area contributed by atoms with Crippen molar-refractivity contribution in [2.45, 2.75) is 45.2 Å². The molecule has 0 spiro atoms. The summed E-state index contributed by atoms with van der Waals surface area (Å²) in [6, 6.07) is 0. The summed E-state index contributed by atoms with van der Waals surface area (Å²) in [7, 11) is -3.71. The van der Waals surface area contributed by atoms with Crippen LogP contribution in [0.25, 0.3) is 0 Å². The minimum absolute atomic E-state index is 0.149. The average Bonchev–Trinajstić information content (AvgIpc) is 2.25. The Hall–Kier alpha value is -1.05. The smallest absolute Gasteiger partial charge is 0.214 e. The van der Waals surface area contributed by atoms with Gasteiger partial charge >= 0.3 is 0 Å². The van der Waals surface area contributed by atoms with Crippen molar-refractivity contribution >= 4 is 10.0 Å². The molecule has 1 rings (SSSR count). The molecule has 2 N–H and O–H groups in total. The number of aryl methyl sites for hydroxylation is 1. The molecule has 0 fully saturated rings. The average molecular weight is 273 g/mol. The van der Waals surface area contributed by atoms with E-state index >= 15 is 0 Å². The molecule has 2 atom stereocenters. The molecule has 0 radical (unpaired) electrons. The fourth-order valence-electron chi connectivity index (χ4n) is 1.40. The van der Waals surface area contributed by atoms with Crippen LogP contribution in [0.15, 0.2) is 12.4 Å². The number of sulfonamides is 1. The van der Waals surface area contributed by atoms with Gasteiger partial charge in [-0.15, -0.1) is 0 Å². The number of aromatic nitrogens is 2. The third kappa shape index (κ3) is 4.01. The lowest BCUT2D eigenvalue weighted by Gasteiger charge is -2.23. The summed E-state index contributed by atoms with van der Waals surface area (Å²) in [5, 5.41) is 4.26. The van der Waals surface area contributed by atoms with E-state index in [4.69, 9.17) is 9.88 Å². The van der Waals surface area contributed by atoms with Crippen molar-refractivity contribution in [1.29, 1.82) is 0 Å². The number of primary sulfonamides is 1. The second-order valence-electron chi connectivity index (χ2n) is 4.52. The minimum Gasteiger partial charge on any atom is -0.366 e. The molecule has 0 aliphatic rings. The maximum atomic E-state index is 11.4. The Morgan fingerprint density at radius 3 is 2.11 bits per heavy atom. The van der Waals surface area contributed by atoms with Crippen LogP contribution < -0.4 is 5.14 Å². The number of rotatable bonds is 5. The summed E-state index contributed by atoms with van der Waals surface area (Å²) in [6.07, 6.45) is 2.33. The van der Waals surface area contributed by atoms with Crippen LogP contribution in [0.3, 0.4) is 0 Å². The fraction of sp³-hybridized carbons (Fsp3) is 0.636. The van der Waals surface area contributed by atoms with E-state index in [1.165, 1.54) is 6.92 Å². The topological polar surface area (TPSA) is 95.2 Å². The normalized spacial score (nSPS) is 15.7. The number of ether oxygens (including phenoxy) is 1. The third-order valence-corrected chi connectivity index (χ3v) is 3.70. The van der Waals surface area contributed by atoms with Gasteiger partial charge in [-0.2, -0.15) is 0 Å². The maximum Gasteiger partial charge on any atom is 0.214 e. The molecule has 1 aromatic heterocycles. The van der Waals surface area contributed by atoms with Gasteiger partial charge in [0.05, 0.1) is 6.10 Å². The van der Waals surface area contributed by atoms with E-state index in [2.05, 4.69) is 9.97 Å². The number of hydrogen-bond acceptors (Lipinski definition) is 5. The Balaban J connectivity index is 3.09. The third-order valence-electron chi connectivity index (χ3n) is 2.42. The molecule has 0 saturated carbocycles. The van der Waals surface area contributed by atoms with Crippen molar-refractivity contribution in [2.24, 2.45) is 5.14 Å². The molecule has 0 aliphatic carbocycles. The second kappa shape index (κ2) is 5.73. The molecular formula is C11H19N3O3S. The Bertz CT molecular complexity index is 485. The van der Waals surface area contributed by atoms with E-state index in [1.807, 2.05) is 20.8 Å². The van der Waals surface area contributed by atoms with E-state index in [-0.39, 0.29) is 6.10 Å². The monoisotopic (exact) mass is 273 g/mol. The Labute approximate surface area is 108 Å². The van der Waals surface area contributed by atoms with Gasteiger partial charge in [-0.3, -0.25) is 0 Å². The maximum absolute atomic E-state index is 11.4. The summed E-state index contributed by atoms with van der Waals surface area (Å²) in [5.41, 5.74) is 0.894. The van der Waals surface area contributed by atoms with Crippen LogP contribution >= 0.6 is 0 Å². The summed E-state index contributed by atoms with van der Waals surface area (Å²) in [6.45, 7) is 6.98. The van der Waals surface area contributed by atoms with Gasteiger partial charge < -0.3 is 4.74 Å². The molecule has 18 heavy (non-hydrogen) atoms. The number of nitrogens with two attached hydrogens (primary N) is 1. The first-order valence-corrected chi connectivity index (χ1v) is 7.28. The fourth-order valence-corrected chi connectivity index (χ4v) is 1.93. The molecular weight excluding hydrogens is 254 g/mol. The molecule has 102 valence electrons. The van der Waals surface area contributed by atoms with Crippen LogP contribution in [0.1, 0.15) is 38.3 Å². The van der Waals surface area contributed by atoms with E-state index < -0.39 is 21.4 Å². The highest BCUT2D eigenvalue weighted by Crippen LogP contribution is 2.23. The van der Waals surface area contributed by atoms with Crippen molar-refractivity contribution in [1.82, 2.24) is 9.97 Å². The molecule has 0 bridgehead atoms. The Morgan fingerprint density at radius 2 is 1.72 bits per heavy atom. The highest BCUT2D eigenvalue weighted by Gasteiger charge is 2.31. The number of hydrogen-bond donors (Lipinski definition) is 1. The zero-order valence-electron chi connectivity index (χ0n) is 11.0. The number of nitrogens with zero attached hydrogens (tertiary/aromatic N) is 2. The largest absolute Gasteiger partial charge is 0.366 e. The van der Waals surface area contributed by atoms with Gasteiger partial charge in [0.2, 0.25) is 10.0 Å². The van der Waals surface area contributed by atoms with Crippen LogP contribution in [0.2, 0.25) is 0 Å². The van der Waals surface area contributed by atoms with Crippen LogP contribution in [-0.2, 0) is 14.8 Å². The van der Waals surface area contributed by atoms with Crippen molar-refractivity contribution in [3.05, 3.63) is 23.8 Å². The zero-order chi connectivity index (χ0) is 13.9. The van der Waals surface area contributed by atoms with E-state index in [0.29, 0.717) is 5.82 Å². The summed E-state index contributed by atoms with van der Waals surface area (Å²) in [4.78, 5) is 8.22. The molecule has 0 saturated heterocycles. The van der Waals surface area contributed by atoms with Crippen molar-refractivity contribution in [2.75, 3.05) is 0 Å². The summed E-state index contributed by atoms with van der Waals surface area (Å²) in [5.74, 6) is 0.329. The molecule has 1 heterocycles. The lowest BCUT2D eigenvalue weighted by atomic mass is 10.2. The summed E-state index contributed by atoms with van der Waals surface area (Å²) < 4.78 is 28.5. The Kier molecular flexibility index (Phi) is 4.78. The lowest BCUT2D eigenvalue weighted by Crippen LogP contribution is -2.34. The SMILES string of the molecule is Cc1cnc(C(OC(C)C)C(C)S(N)(=O)=O)nc1. The second-order valence-corrected chi connectivity index (χ2v) is 6.44. The van der Waals surface area contributed by atoms with E-state index in [0.717, 1.165) is 5.56 Å². The highest BCUT2D eigenvalue weighted by atomic mass is 32.2. The zero-order valence-corrected chi connectivity index (χ0v) is 11.8. The van der Waals surface area contributed by atoms with E-state index in [9.17, 15) is 8.42 Å². The molecule has 0 aromatic carbocycles. The quantitative estimate of drug-likeness (QED) is 0.861. The molecule has 0 amide bonds. The molecule has 1 aromatic rings. The van der Waals surface area contributed by atoms with Crippen molar-refractivity contribution < 1.29 is 13.2 Å². The molecule has 7 heteroatoms. The molecule has 0 aliphatic heterocycles.